The molecule has 0 bridgehead atoms. The minimum Gasteiger partial charge on any atom is -0.493 e. The van der Waals surface area contributed by atoms with E-state index >= 15 is 0 Å². The van der Waals surface area contributed by atoms with Gasteiger partial charge in [-0.05, 0) is 26.8 Å². The molecule has 0 saturated heterocycles. The van der Waals surface area contributed by atoms with Crippen LogP contribution in [0.1, 0.15) is 37.0 Å². The molecule has 0 amide bonds. The lowest BCUT2D eigenvalue weighted by molar-refractivity contribution is 0.133. The Labute approximate surface area is 130 Å². The minimum absolute atomic E-state index is 0.262. The predicted octanol–water partition coefficient (Wildman–Crippen LogP) is 3.72. The van der Waals surface area contributed by atoms with Crippen LogP contribution in [0, 0.1) is 12.8 Å². The van der Waals surface area contributed by atoms with E-state index in [1.54, 1.807) is 11.3 Å². The Bertz CT molecular complexity index is 637. The van der Waals surface area contributed by atoms with E-state index in [4.69, 9.17) is 9.72 Å². The lowest BCUT2D eigenvalue weighted by Crippen LogP contribution is -2.55. The number of nitrogens with zero attached hydrogens (tertiary/aromatic N) is 1. The van der Waals surface area contributed by atoms with Gasteiger partial charge in [0.05, 0.1) is 6.61 Å². The summed E-state index contributed by atoms with van der Waals surface area (Å²) < 4.78 is 5.94. The summed E-state index contributed by atoms with van der Waals surface area (Å²) in [7, 11) is 0. The molecule has 3 rings (SSSR count). The summed E-state index contributed by atoms with van der Waals surface area (Å²) in [4.78, 5) is 4.81. The number of hydrogen-bond donors (Lipinski definition) is 1. The van der Waals surface area contributed by atoms with Crippen LogP contribution in [-0.4, -0.2) is 17.6 Å². The molecule has 0 aliphatic carbocycles. The second kappa shape index (κ2) is 5.43. The molecule has 21 heavy (non-hydrogen) atoms. The molecular formula is C17H22N2OS. The second-order valence-corrected chi connectivity index (χ2v) is 6.97. The first-order valence-corrected chi connectivity index (χ1v) is 8.34. The first-order chi connectivity index (χ1) is 10.0. The van der Waals surface area contributed by atoms with Crippen molar-refractivity contribution in [1.29, 1.82) is 0 Å². The summed E-state index contributed by atoms with van der Waals surface area (Å²) >= 11 is 1.74. The molecular weight excluding hydrogens is 280 g/mol. The number of benzene rings is 1. The summed E-state index contributed by atoms with van der Waals surface area (Å²) in [5.74, 6) is 1.29. The number of rotatable bonds is 3. The SMILES string of the molecule is Cc1csc(C2(NC(C)C)c3ccccc3OCC2C)n1. The fourth-order valence-electron chi connectivity index (χ4n) is 3.12. The van der Waals surface area contributed by atoms with Crippen LogP contribution in [0.4, 0.5) is 0 Å². The van der Waals surface area contributed by atoms with Crippen molar-refractivity contribution in [3.63, 3.8) is 0 Å². The van der Waals surface area contributed by atoms with Crippen LogP contribution in [0.2, 0.25) is 0 Å². The standard InChI is InChI=1S/C17H22N2OS/c1-11(2)19-17(16-18-13(4)10-21-16)12(3)9-20-15-8-6-5-7-14(15)17/h5-8,10-12,19H,9H2,1-4H3. The van der Waals surface area contributed by atoms with Gasteiger partial charge in [0.15, 0.2) is 0 Å². The fraction of sp³-hybridized carbons (Fsp3) is 0.471. The highest BCUT2D eigenvalue weighted by Gasteiger charge is 2.47. The summed E-state index contributed by atoms with van der Waals surface area (Å²) in [5.41, 5.74) is 2.02. The number of thiazole rings is 1. The van der Waals surface area contributed by atoms with E-state index in [1.165, 1.54) is 5.56 Å². The fourth-order valence-corrected chi connectivity index (χ4v) is 4.21. The molecule has 1 aliphatic heterocycles. The number of para-hydroxylation sites is 1. The molecule has 0 spiro atoms. The molecule has 4 heteroatoms. The Morgan fingerprint density at radius 3 is 2.81 bits per heavy atom. The Morgan fingerprint density at radius 2 is 2.14 bits per heavy atom. The summed E-state index contributed by atoms with van der Waals surface area (Å²) in [6.45, 7) is 9.37. The molecule has 0 radical (unpaired) electrons. The van der Waals surface area contributed by atoms with Crippen LogP contribution in [-0.2, 0) is 5.54 Å². The van der Waals surface area contributed by atoms with Crippen molar-refractivity contribution in [3.8, 4) is 5.75 Å². The number of aromatic nitrogens is 1. The molecule has 1 aromatic carbocycles. The highest BCUT2D eigenvalue weighted by atomic mass is 32.1. The van der Waals surface area contributed by atoms with E-state index in [0.717, 1.165) is 16.5 Å². The number of nitrogens with one attached hydrogen (secondary N) is 1. The predicted molar refractivity (Wildman–Crippen MR) is 87.0 cm³/mol. The topological polar surface area (TPSA) is 34.1 Å². The van der Waals surface area contributed by atoms with Crippen molar-refractivity contribution in [1.82, 2.24) is 10.3 Å². The van der Waals surface area contributed by atoms with E-state index in [2.05, 4.69) is 56.6 Å². The first kappa shape index (κ1) is 14.5. The summed E-state index contributed by atoms with van der Waals surface area (Å²) in [6.07, 6.45) is 0. The monoisotopic (exact) mass is 302 g/mol. The van der Waals surface area contributed by atoms with Crippen LogP contribution >= 0.6 is 11.3 Å². The highest BCUT2D eigenvalue weighted by Crippen LogP contribution is 2.46. The maximum absolute atomic E-state index is 5.94. The molecule has 1 aliphatic rings. The number of hydrogen-bond acceptors (Lipinski definition) is 4. The van der Waals surface area contributed by atoms with Gasteiger partial charge < -0.3 is 4.74 Å². The van der Waals surface area contributed by atoms with E-state index in [0.29, 0.717) is 18.6 Å². The van der Waals surface area contributed by atoms with Gasteiger partial charge in [-0.15, -0.1) is 11.3 Å². The third-order valence-corrected chi connectivity index (χ3v) is 5.11. The third kappa shape index (κ3) is 2.36. The highest BCUT2D eigenvalue weighted by molar-refractivity contribution is 7.09. The van der Waals surface area contributed by atoms with Gasteiger partial charge in [0, 0.05) is 28.6 Å². The van der Waals surface area contributed by atoms with Gasteiger partial charge in [-0.1, -0.05) is 25.1 Å². The van der Waals surface area contributed by atoms with Crippen molar-refractivity contribution in [3.05, 3.63) is 45.9 Å². The molecule has 1 N–H and O–H groups in total. The smallest absolute Gasteiger partial charge is 0.124 e. The van der Waals surface area contributed by atoms with E-state index in [9.17, 15) is 0 Å². The lowest BCUT2D eigenvalue weighted by atomic mass is 9.77. The van der Waals surface area contributed by atoms with Gasteiger partial charge in [-0.3, -0.25) is 5.32 Å². The van der Waals surface area contributed by atoms with Crippen LogP contribution in [0.25, 0.3) is 0 Å². The molecule has 0 fully saturated rings. The molecule has 2 unspecified atom stereocenters. The van der Waals surface area contributed by atoms with Crippen molar-refractivity contribution in [2.75, 3.05) is 6.61 Å². The zero-order valence-corrected chi connectivity index (χ0v) is 13.8. The Morgan fingerprint density at radius 1 is 1.38 bits per heavy atom. The molecule has 2 atom stereocenters. The summed E-state index contributed by atoms with van der Waals surface area (Å²) in [5, 5.41) is 7.06. The van der Waals surface area contributed by atoms with E-state index in [-0.39, 0.29) is 5.54 Å². The van der Waals surface area contributed by atoms with Gasteiger partial charge >= 0.3 is 0 Å². The average Bonchev–Trinajstić information content (AvgIpc) is 2.89. The lowest BCUT2D eigenvalue weighted by Gasteiger charge is -2.44. The van der Waals surface area contributed by atoms with Crippen molar-refractivity contribution in [2.45, 2.75) is 39.3 Å². The third-order valence-electron chi connectivity index (χ3n) is 4.01. The zero-order valence-electron chi connectivity index (χ0n) is 13.0. The molecule has 2 heterocycles. The Hall–Kier alpha value is -1.39. The number of fused-ring (bicyclic) bond motifs is 1. The van der Waals surface area contributed by atoms with Crippen LogP contribution < -0.4 is 10.1 Å². The van der Waals surface area contributed by atoms with Gasteiger partial charge in [0.1, 0.15) is 16.3 Å². The second-order valence-electron chi connectivity index (χ2n) is 6.11. The Balaban J connectivity index is 2.23. The molecule has 112 valence electrons. The molecule has 3 nitrogen and oxygen atoms in total. The maximum atomic E-state index is 5.94. The van der Waals surface area contributed by atoms with E-state index < -0.39 is 0 Å². The summed E-state index contributed by atoms with van der Waals surface area (Å²) in [6, 6.07) is 8.69. The maximum Gasteiger partial charge on any atom is 0.124 e. The molecule has 1 aromatic heterocycles. The van der Waals surface area contributed by atoms with Gasteiger partial charge in [-0.2, -0.15) is 0 Å². The largest absolute Gasteiger partial charge is 0.493 e. The quantitative estimate of drug-likeness (QED) is 0.938. The number of ether oxygens (including phenoxy) is 1. The van der Waals surface area contributed by atoms with Gasteiger partial charge in [-0.25, -0.2) is 4.98 Å². The number of aryl methyl sites for hydroxylation is 1. The van der Waals surface area contributed by atoms with E-state index in [1.807, 2.05) is 6.07 Å². The van der Waals surface area contributed by atoms with Crippen molar-refractivity contribution < 1.29 is 4.74 Å². The van der Waals surface area contributed by atoms with Gasteiger partial charge in [0.2, 0.25) is 0 Å². The first-order valence-electron chi connectivity index (χ1n) is 7.46. The Kier molecular flexibility index (Phi) is 3.76. The van der Waals surface area contributed by atoms with Crippen molar-refractivity contribution >= 4 is 11.3 Å². The van der Waals surface area contributed by atoms with Gasteiger partial charge in [0.25, 0.3) is 0 Å². The molecule has 2 aromatic rings. The van der Waals surface area contributed by atoms with Crippen LogP contribution in [0.15, 0.2) is 29.6 Å². The zero-order chi connectivity index (χ0) is 15.0. The van der Waals surface area contributed by atoms with Crippen LogP contribution in [0.5, 0.6) is 5.75 Å². The van der Waals surface area contributed by atoms with Crippen molar-refractivity contribution in [2.24, 2.45) is 5.92 Å². The molecule has 0 saturated carbocycles. The minimum atomic E-state index is -0.262. The van der Waals surface area contributed by atoms with Crippen LogP contribution in [0.3, 0.4) is 0 Å². The normalized spacial score (nSPS) is 24.7. The average molecular weight is 302 g/mol.